The van der Waals surface area contributed by atoms with Crippen molar-refractivity contribution in [3.8, 4) is 0 Å². The molecule has 0 aromatic heterocycles. The first-order chi connectivity index (χ1) is 9.29. The van der Waals surface area contributed by atoms with E-state index < -0.39 is 0 Å². The monoisotopic (exact) mass is 262 g/mol. The molecule has 3 aliphatic carbocycles. The third-order valence-corrected chi connectivity index (χ3v) is 6.25. The third-order valence-electron chi connectivity index (χ3n) is 6.25. The van der Waals surface area contributed by atoms with Gasteiger partial charge in [0.2, 0.25) is 5.91 Å². The van der Waals surface area contributed by atoms with Crippen LogP contribution >= 0.6 is 0 Å². The van der Waals surface area contributed by atoms with Crippen molar-refractivity contribution in [3.05, 3.63) is 0 Å². The molecule has 19 heavy (non-hydrogen) atoms. The predicted molar refractivity (Wildman–Crippen MR) is 74.7 cm³/mol. The molecule has 1 aliphatic heterocycles. The Morgan fingerprint density at radius 1 is 0.947 bits per heavy atom. The molecular formula is C16H26N2O. The lowest BCUT2D eigenvalue weighted by atomic mass is 9.85. The second-order valence-corrected chi connectivity index (χ2v) is 7.40. The van der Waals surface area contributed by atoms with E-state index in [-0.39, 0.29) is 6.04 Å². The number of hydrogen-bond acceptors (Lipinski definition) is 2. The lowest BCUT2D eigenvalue weighted by molar-refractivity contribution is -0.124. The van der Waals surface area contributed by atoms with Crippen molar-refractivity contribution in [2.24, 2.45) is 17.8 Å². The van der Waals surface area contributed by atoms with Crippen LogP contribution in [0.15, 0.2) is 0 Å². The van der Waals surface area contributed by atoms with Crippen molar-refractivity contribution in [2.45, 2.75) is 75.9 Å². The fraction of sp³-hybridized carbons (Fsp3) is 0.938. The first-order valence-corrected chi connectivity index (χ1v) is 8.36. The molecule has 3 nitrogen and oxygen atoms in total. The van der Waals surface area contributed by atoms with Gasteiger partial charge in [0.15, 0.2) is 0 Å². The molecule has 1 amide bonds. The van der Waals surface area contributed by atoms with Crippen LogP contribution in [0.25, 0.3) is 0 Å². The van der Waals surface area contributed by atoms with E-state index >= 15 is 0 Å². The van der Waals surface area contributed by atoms with Crippen molar-refractivity contribution in [2.75, 3.05) is 0 Å². The Morgan fingerprint density at radius 3 is 2.58 bits per heavy atom. The van der Waals surface area contributed by atoms with Gasteiger partial charge >= 0.3 is 0 Å². The van der Waals surface area contributed by atoms with Crippen LogP contribution in [-0.4, -0.2) is 24.0 Å². The summed E-state index contributed by atoms with van der Waals surface area (Å²) in [6, 6.07) is 1.23. The highest BCUT2D eigenvalue weighted by Gasteiger charge is 2.43. The number of rotatable bonds is 2. The minimum atomic E-state index is 0.104. The molecule has 0 radical (unpaired) electrons. The standard InChI is InChI=1S/C16H26N2O/c19-16(18-14-8-10-5-6-12(14)7-10)15-9-11-3-1-2-4-13(11)17-15/h10-15,17H,1-9H2,(H,18,19). The Morgan fingerprint density at radius 2 is 1.84 bits per heavy atom. The molecule has 106 valence electrons. The van der Waals surface area contributed by atoms with Gasteiger partial charge in [0.05, 0.1) is 6.04 Å². The van der Waals surface area contributed by atoms with Gasteiger partial charge in [-0.3, -0.25) is 4.79 Å². The summed E-state index contributed by atoms with van der Waals surface area (Å²) in [7, 11) is 0. The molecule has 1 heterocycles. The maximum atomic E-state index is 12.4. The summed E-state index contributed by atoms with van der Waals surface area (Å²) >= 11 is 0. The zero-order chi connectivity index (χ0) is 12.8. The fourth-order valence-electron chi connectivity index (χ4n) is 5.23. The highest BCUT2D eigenvalue weighted by Crippen LogP contribution is 2.44. The molecule has 0 spiro atoms. The molecule has 6 atom stereocenters. The van der Waals surface area contributed by atoms with Crippen LogP contribution in [0.3, 0.4) is 0 Å². The van der Waals surface area contributed by atoms with Crippen LogP contribution in [0.4, 0.5) is 0 Å². The summed E-state index contributed by atoms with van der Waals surface area (Å²) < 4.78 is 0. The number of hydrogen-bond donors (Lipinski definition) is 2. The SMILES string of the molecule is O=C(NC1CC2CCC1C2)C1CC2CCCCC2N1. The maximum absolute atomic E-state index is 12.4. The van der Waals surface area contributed by atoms with E-state index in [2.05, 4.69) is 10.6 Å². The van der Waals surface area contributed by atoms with E-state index in [1.807, 2.05) is 0 Å². The van der Waals surface area contributed by atoms with Gasteiger partial charge in [-0.15, -0.1) is 0 Å². The minimum Gasteiger partial charge on any atom is -0.352 e. The maximum Gasteiger partial charge on any atom is 0.237 e. The average Bonchev–Trinajstić information content (AvgIpc) is 3.12. The summed E-state index contributed by atoms with van der Waals surface area (Å²) in [6.07, 6.45) is 11.8. The highest BCUT2D eigenvalue weighted by molar-refractivity contribution is 5.82. The predicted octanol–water partition coefficient (Wildman–Crippen LogP) is 2.21. The zero-order valence-corrected chi connectivity index (χ0v) is 11.7. The largest absolute Gasteiger partial charge is 0.352 e. The molecule has 3 heteroatoms. The number of amides is 1. The van der Waals surface area contributed by atoms with Gasteiger partial charge in [0.1, 0.15) is 0 Å². The molecule has 4 aliphatic rings. The minimum absolute atomic E-state index is 0.104. The van der Waals surface area contributed by atoms with Crippen molar-refractivity contribution in [3.63, 3.8) is 0 Å². The van der Waals surface area contributed by atoms with E-state index in [9.17, 15) is 4.79 Å². The molecule has 2 N–H and O–H groups in total. The second kappa shape index (κ2) is 4.76. The van der Waals surface area contributed by atoms with Crippen LogP contribution in [-0.2, 0) is 4.79 Å². The molecule has 4 rings (SSSR count). The van der Waals surface area contributed by atoms with Crippen LogP contribution in [0.5, 0.6) is 0 Å². The highest BCUT2D eigenvalue weighted by atomic mass is 16.2. The molecule has 0 aromatic carbocycles. The summed E-state index contributed by atoms with van der Waals surface area (Å²) in [5, 5.41) is 6.96. The molecule has 3 saturated carbocycles. The smallest absolute Gasteiger partial charge is 0.237 e. The van der Waals surface area contributed by atoms with Crippen molar-refractivity contribution in [1.82, 2.24) is 10.6 Å². The van der Waals surface area contributed by atoms with E-state index in [1.165, 1.54) is 51.4 Å². The van der Waals surface area contributed by atoms with Gasteiger partial charge in [-0.2, -0.15) is 0 Å². The number of nitrogens with one attached hydrogen (secondary N) is 2. The Balaban J connectivity index is 1.34. The molecule has 6 unspecified atom stereocenters. The Bertz CT molecular complexity index is 356. The number of carbonyl (C=O) groups excluding carboxylic acids is 1. The lowest BCUT2D eigenvalue weighted by Gasteiger charge is -2.25. The van der Waals surface area contributed by atoms with E-state index in [0.717, 1.165) is 24.2 Å². The second-order valence-electron chi connectivity index (χ2n) is 7.40. The summed E-state index contributed by atoms with van der Waals surface area (Å²) in [6.45, 7) is 0. The zero-order valence-electron chi connectivity index (χ0n) is 11.7. The van der Waals surface area contributed by atoms with Crippen molar-refractivity contribution in [1.29, 1.82) is 0 Å². The topological polar surface area (TPSA) is 41.1 Å². The number of carbonyl (C=O) groups is 1. The molecule has 4 fully saturated rings. The van der Waals surface area contributed by atoms with Gasteiger partial charge in [-0.1, -0.05) is 19.3 Å². The Kier molecular flexibility index (Phi) is 3.06. The Labute approximate surface area is 115 Å². The fourth-order valence-corrected chi connectivity index (χ4v) is 5.23. The van der Waals surface area contributed by atoms with Gasteiger partial charge in [0, 0.05) is 12.1 Å². The van der Waals surface area contributed by atoms with Crippen LogP contribution in [0.2, 0.25) is 0 Å². The third kappa shape index (κ3) is 2.20. The summed E-state index contributed by atoms with van der Waals surface area (Å²) in [5.74, 6) is 2.77. The van der Waals surface area contributed by atoms with E-state index in [1.54, 1.807) is 0 Å². The van der Waals surface area contributed by atoms with E-state index in [4.69, 9.17) is 0 Å². The van der Waals surface area contributed by atoms with Crippen LogP contribution in [0, 0.1) is 17.8 Å². The molecule has 2 bridgehead atoms. The first kappa shape index (κ1) is 12.2. The van der Waals surface area contributed by atoms with Gasteiger partial charge in [-0.25, -0.2) is 0 Å². The molecular weight excluding hydrogens is 236 g/mol. The van der Waals surface area contributed by atoms with Crippen molar-refractivity contribution < 1.29 is 4.79 Å². The lowest BCUT2D eigenvalue weighted by Crippen LogP contribution is -2.48. The van der Waals surface area contributed by atoms with Gasteiger partial charge in [-0.05, 0) is 56.3 Å². The normalized spacial score (nSPS) is 48.2. The summed E-state index contributed by atoms with van der Waals surface area (Å²) in [4.78, 5) is 12.4. The van der Waals surface area contributed by atoms with Crippen molar-refractivity contribution >= 4 is 5.91 Å². The van der Waals surface area contributed by atoms with Gasteiger partial charge in [0.25, 0.3) is 0 Å². The molecule has 1 saturated heterocycles. The number of fused-ring (bicyclic) bond motifs is 3. The quantitative estimate of drug-likeness (QED) is 0.801. The van der Waals surface area contributed by atoms with Gasteiger partial charge < -0.3 is 10.6 Å². The van der Waals surface area contributed by atoms with E-state index in [0.29, 0.717) is 18.0 Å². The molecule has 0 aromatic rings. The summed E-state index contributed by atoms with van der Waals surface area (Å²) in [5.41, 5.74) is 0. The average molecular weight is 262 g/mol. The first-order valence-electron chi connectivity index (χ1n) is 8.36. The van der Waals surface area contributed by atoms with Crippen LogP contribution in [0.1, 0.15) is 57.8 Å². The Hall–Kier alpha value is -0.570. The van der Waals surface area contributed by atoms with Crippen LogP contribution < -0.4 is 10.6 Å².